The molecular weight excluding hydrogens is 197 g/mol. The Morgan fingerprint density at radius 1 is 1.43 bits per heavy atom. The molecule has 14 heavy (non-hydrogen) atoms. The van der Waals surface area contributed by atoms with Crippen LogP contribution in [0.25, 0.3) is 0 Å². The van der Waals surface area contributed by atoms with Crippen LogP contribution in [0, 0.1) is 5.92 Å². The van der Waals surface area contributed by atoms with Crippen LogP contribution >= 0.6 is 0 Å². The predicted octanol–water partition coefficient (Wildman–Crippen LogP) is -1.04. The number of aliphatic carboxylic acids is 1. The monoisotopic (exact) mass is 207 g/mol. The summed E-state index contributed by atoms with van der Waals surface area (Å²) in [5.41, 5.74) is 0. The van der Waals surface area contributed by atoms with Crippen molar-refractivity contribution in [3.8, 4) is 0 Å². The van der Waals surface area contributed by atoms with Crippen molar-refractivity contribution in [1.29, 1.82) is 0 Å². The van der Waals surface area contributed by atoms with Gasteiger partial charge in [0.25, 0.3) is 0 Å². The van der Waals surface area contributed by atoms with Crippen LogP contribution in [0.1, 0.15) is 19.3 Å². The molecule has 1 N–H and O–H groups in total. The average molecular weight is 207 g/mol. The van der Waals surface area contributed by atoms with Crippen molar-refractivity contribution in [2.75, 3.05) is 0 Å². The molecule has 2 unspecified atom stereocenters. The van der Waals surface area contributed by atoms with Crippen LogP contribution in [0.4, 0.5) is 0 Å². The summed E-state index contributed by atoms with van der Waals surface area (Å²) in [6, 6.07) is -0.152. The van der Waals surface area contributed by atoms with Gasteiger partial charge in [0.2, 0.25) is 11.8 Å². The zero-order valence-corrected chi connectivity index (χ0v) is 6.90. The van der Waals surface area contributed by atoms with E-state index in [9.17, 15) is 14.4 Å². The molecule has 0 radical (unpaired) electrons. The van der Waals surface area contributed by atoms with Gasteiger partial charge in [-0.25, -0.2) is 0 Å². The van der Waals surface area contributed by atoms with E-state index in [4.69, 9.17) is 5.11 Å². The van der Waals surface area contributed by atoms with E-state index in [0.717, 1.165) is 4.90 Å². The Balaban J connectivity index is 0.000000980. The third kappa shape index (κ3) is 1.60. The van der Waals surface area contributed by atoms with Crippen LogP contribution in [0.5, 0.6) is 0 Å². The summed E-state index contributed by atoms with van der Waals surface area (Å²) in [6.07, 6.45) is 1.29. The normalized spacial score (nSPS) is 30.1. The summed E-state index contributed by atoms with van der Waals surface area (Å²) in [7, 11) is 0. The van der Waals surface area contributed by atoms with E-state index in [1.807, 2.05) is 0 Å². The van der Waals surface area contributed by atoms with Gasteiger partial charge in [0, 0.05) is 12.5 Å². The molecule has 0 bridgehead atoms. The number of carbonyl (C=O) groups is 3. The van der Waals surface area contributed by atoms with E-state index in [0.29, 0.717) is 19.3 Å². The van der Waals surface area contributed by atoms with Crippen LogP contribution in [0.15, 0.2) is 0 Å². The fourth-order valence-corrected chi connectivity index (χ4v) is 2.02. The maximum atomic E-state index is 11.4. The van der Waals surface area contributed by atoms with Gasteiger partial charge in [-0.3, -0.25) is 19.3 Å². The minimum atomic E-state index is -1.12. The molecule has 2 heterocycles. The Bertz CT molecular complexity index is 304. The fourth-order valence-electron chi connectivity index (χ4n) is 2.02. The molecule has 2 atom stereocenters. The number of rotatable bonds is 1. The topological polar surface area (TPSA) is 74.7 Å². The van der Waals surface area contributed by atoms with Gasteiger partial charge in [0.1, 0.15) is 5.92 Å². The molecule has 0 aromatic heterocycles. The molecule has 2 aliphatic heterocycles. The molecule has 0 aliphatic carbocycles. The molecule has 0 saturated carbocycles. The van der Waals surface area contributed by atoms with Gasteiger partial charge < -0.3 is 5.11 Å². The van der Waals surface area contributed by atoms with Gasteiger partial charge in [-0.2, -0.15) is 0 Å². The summed E-state index contributed by atoms with van der Waals surface area (Å²) in [5, 5.41) is 8.67. The SMILES string of the molecule is O=C(O)C1CC2CCC(=O)N2C1=O.[NaH]. The molecule has 0 spiro atoms. The third-order valence-electron chi connectivity index (χ3n) is 2.67. The molecule has 2 saturated heterocycles. The zero-order valence-electron chi connectivity index (χ0n) is 6.90. The molecule has 2 rings (SSSR count). The molecule has 2 aliphatic rings. The van der Waals surface area contributed by atoms with Crippen molar-refractivity contribution in [3.63, 3.8) is 0 Å². The van der Waals surface area contributed by atoms with Crippen molar-refractivity contribution >= 4 is 47.3 Å². The summed E-state index contributed by atoms with van der Waals surface area (Å²) in [5.74, 6) is -2.86. The molecule has 6 heteroatoms. The second kappa shape index (κ2) is 4.00. The Morgan fingerprint density at radius 2 is 2.07 bits per heavy atom. The Labute approximate surface area is 103 Å². The molecular formula is C8H10NNaO4. The molecule has 2 amide bonds. The number of carboxylic acid groups (broad SMARTS) is 1. The third-order valence-corrected chi connectivity index (χ3v) is 2.67. The summed E-state index contributed by atoms with van der Waals surface area (Å²) < 4.78 is 0. The van der Waals surface area contributed by atoms with E-state index < -0.39 is 17.8 Å². The van der Waals surface area contributed by atoms with E-state index in [1.165, 1.54) is 0 Å². The van der Waals surface area contributed by atoms with E-state index in [2.05, 4.69) is 0 Å². The first-order valence-corrected chi connectivity index (χ1v) is 4.20. The van der Waals surface area contributed by atoms with Crippen LogP contribution in [0.3, 0.4) is 0 Å². The quantitative estimate of drug-likeness (QED) is 0.338. The van der Waals surface area contributed by atoms with Crippen LogP contribution in [-0.2, 0) is 14.4 Å². The van der Waals surface area contributed by atoms with Gasteiger partial charge in [-0.1, -0.05) is 0 Å². The van der Waals surface area contributed by atoms with Crippen LogP contribution in [-0.4, -0.2) is 63.4 Å². The van der Waals surface area contributed by atoms with E-state index >= 15 is 0 Å². The maximum absolute atomic E-state index is 11.4. The molecule has 72 valence electrons. The number of amides is 2. The van der Waals surface area contributed by atoms with Crippen LogP contribution in [0.2, 0.25) is 0 Å². The Morgan fingerprint density at radius 3 is 2.57 bits per heavy atom. The Hall–Kier alpha value is -0.390. The number of carbonyl (C=O) groups excluding carboxylic acids is 2. The van der Waals surface area contributed by atoms with Gasteiger partial charge in [0.15, 0.2) is 0 Å². The van der Waals surface area contributed by atoms with Gasteiger partial charge in [0.05, 0.1) is 0 Å². The molecule has 0 aromatic rings. The van der Waals surface area contributed by atoms with Gasteiger partial charge in [-0.05, 0) is 12.8 Å². The summed E-state index contributed by atoms with van der Waals surface area (Å²) in [6.45, 7) is 0. The number of hydrogen-bond acceptors (Lipinski definition) is 3. The fraction of sp³-hybridized carbons (Fsp3) is 0.625. The molecule has 0 aromatic carbocycles. The first-order chi connectivity index (χ1) is 6.11. The standard InChI is InChI=1S/C8H9NO4.Na.H/c10-6-2-1-4-3-5(8(12)13)7(11)9(4)6;;/h4-5H,1-3H2,(H,12,13);;. The summed E-state index contributed by atoms with van der Waals surface area (Å²) in [4.78, 5) is 34.2. The van der Waals surface area contributed by atoms with Crippen molar-refractivity contribution < 1.29 is 19.5 Å². The zero-order chi connectivity index (χ0) is 9.59. The number of nitrogens with zero attached hydrogens (tertiary/aromatic N) is 1. The number of carboxylic acids is 1. The van der Waals surface area contributed by atoms with Gasteiger partial charge >= 0.3 is 35.5 Å². The minimum absolute atomic E-state index is 0. The predicted molar refractivity (Wildman–Crippen MR) is 47.8 cm³/mol. The first kappa shape index (κ1) is 11.7. The number of fused-ring (bicyclic) bond motifs is 1. The van der Waals surface area contributed by atoms with E-state index in [1.54, 1.807) is 0 Å². The van der Waals surface area contributed by atoms with Gasteiger partial charge in [-0.15, -0.1) is 0 Å². The van der Waals surface area contributed by atoms with Crippen molar-refractivity contribution in [1.82, 2.24) is 4.90 Å². The first-order valence-electron chi connectivity index (χ1n) is 4.20. The second-order valence-electron chi connectivity index (χ2n) is 3.42. The average Bonchev–Trinajstić information content (AvgIpc) is 2.55. The number of imide groups is 1. The van der Waals surface area contributed by atoms with Crippen LogP contribution < -0.4 is 0 Å². The second-order valence-corrected chi connectivity index (χ2v) is 3.42. The Kier molecular flexibility index (Phi) is 3.34. The van der Waals surface area contributed by atoms with E-state index in [-0.39, 0.29) is 41.5 Å². The number of hydrogen-bond donors (Lipinski definition) is 1. The summed E-state index contributed by atoms with van der Waals surface area (Å²) >= 11 is 0. The molecule has 5 nitrogen and oxygen atoms in total. The van der Waals surface area contributed by atoms with Crippen molar-refractivity contribution in [2.45, 2.75) is 25.3 Å². The molecule has 2 fully saturated rings. The van der Waals surface area contributed by atoms with Crippen molar-refractivity contribution in [3.05, 3.63) is 0 Å². The van der Waals surface area contributed by atoms with Crippen molar-refractivity contribution in [2.24, 2.45) is 5.92 Å².